The fourth-order valence-corrected chi connectivity index (χ4v) is 6.52. The quantitative estimate of drug-likeness (QED) is 0.174. The molecule has 3 nitrogen and oxygen atoms in total. The van der Waals surface area contributed by atoms with Gasteiger partial charge in [-0.05, 0) is 64.9 Å². The molecule has 0 aliphatic carbocycles. The van der Waals surface area contributed by atoms with E-state index in [9.17, 15) is 0 Å². The Bertz CT molecular complexity index is 2090. The van der Waals surface area contributed by atoms with Crippen LogP contribution in [0.2, 0.25) is 0 Å². The van der Waals surface area contributed by atoms with Crippen molar-refractivity contribution in [2.45, 2.75) is 6.54 Å². The minimum absolute atomic E-state index is 0.695. The molecule has 0 amide bonds. The molecule has 1 aromatic heterocycles. The summed E-state index contributed by atoms with van der Waals surface area (Å²) in [6, 6.07) is 67.1. The summed E-state index contributed by atoms with van der Waals surface area (Å²) < 4.78 is 2.46. The van der Waals surface area contributed by atoms with Gasteiger partial charge in [0.05, 0.1) is 17.9 Å². The Kier molecular flexibility index (Phi) is 7.26. The van der Waals surface area contributed by atoms with E-state index in [1.54, 1.807) is 0 Å². The molecule has 0 aliphatic heterocycles. The molecule has 0 N–H and O–H groups in total. The van der Waals surface area contributed by atoms with Crippen LogP contribution in [0.5, 0.6) is 0 Å². The molecular formula is C43H33N3. The van der Waals surface area contributed by atoms with Crippen molar-refractivity contribution in [2.24, 2.45) is 0 Å². The van der Waals surface area contributed by atoms with Crippen molar-refractivity contribution >= 4 is 55.9 Å². The molecule has 0 unspecified atom stereocenters. The van der Waals surface area contributed by atoms with Crippen molar-refractivity contribution in [3.05, 3.63) is 194 Å². The lowest BCUT2D eigenvalue weighted by Gasteiger charge is -2.31. The van der Waals surface area contributed by atoms with Crippen LogP contribution in [-0.4, -0.2) is 4.57 Å². The maximum atomic E-state index is 2.46. The van der Waals surface area contributed by atoms with Crippen molar-refractivity contribution in [1.82, 2.24) is 4.57 Å². The van der Waals surface area contributed by atoms with Gasteiger partial charge in [0.15, 0.2) is 0 Å². The average Bonchev–Trinajstić information content (AvgIpc) is 3.52. The molecule has 0 bridgehead atoms. The Morgan fingerprint density at radius 3 is 1.22 bits per heavy atom. The zero-order valence-corrected chi connectivity index (χ0v) is 25.4. The van der Waals surface area contributed by atoms with E-state index in [1.165, 1.54) is 27.1 Å². The van der Waals surface area contributed by atoms with Gasteiger partial charge in [-0.2, -0.15) is 0 Å². The summed E-state index contributed by atoms with van der Waals surface area (Å²) in [5, 5.41) is 4.83. The lowest BCUT2D eigenvalue weighted by atomic mass is 10.1. The fourth-order valence-electron chi connectivity index (χ4n) is 6.52. The van der Waals surface area contributed by atoms with Gasteiger partial charge >= 0.3 is 0 Å². The second-order valence-corrected chi connectivity index (χ2v) is 11.5. The third kappa shape index (κ3) is 5.08. The number of anilines is 6. The van der Waals surface area contributed by atoms with Gasteiger partial charge in [0.1, 0.15) is 11.6 Å². The van der Waals surface area contributed by atoms with Crippen LogP contribution in [0.3, 0.4) is 0 Å². The van der Waals surface area contributed by atoms with Crippen LogP contribution < -0.4 is 9.80 Å². The first-order valence-corrected chi connectivity index (χ1v) is 15.7. The molecule has 0 fully saturated rings. The lowest BCUT2D eigenvalue weighted by molar-refractivity contribution is 0.799. The van der Waals surface area contributed by atoms with Gasteiger partial charge in [0.2, 0.25) is 0 Å². The molecule has 0 atom stereocenters. The minimum Gasteiger partial charge on any atom is -0.309 e. The number of hydrogen-bond acceptors (Lipinski definition) is 2. The first-order valence-electron chi connectivity index (χ1n) is 15.7. The maximum Gasteiger partial charge on any atom is 0.119 e. The van der Waals surface area contributed by atoms with Gasteiger partial charge < -0.3 is 4.57 Å². The van der Waals surface area contributed by atoms with Gasteiger partial charge in [-0.3, -0.25) is 9.80 Å². The summed E-state index contributed by atoms with van der Waals surface area (Å²) in [5.41, 5.74) is 5.72. The Morgan fingerprint density at radius 2 is 0.739 bits per heavy atom. The topological polar surface area (TPSA) is 11.4 Å². The molecule has 0 aliphatic rings. The van der Waals surface area contributed by atoms with E-state index in [4.69, 9.17) is 0 Å². The number of nitrogens with zero attached hydrogens (tertiary/aromatic N) is 3. The van der Waals surface area contributed by atoms with Crippen molar-refractivity contribution < 1.29 is 0 Å². The third-order valence-electron chi connectivity index (χ3n) is 8.62. The van der Waals surface area contributed by atoms with E-state index >= 15 is 0 Å². The van der Waals surface area contributed by atoms with E-state index in [2.05, 4.69) is 202 Å². The number of hydrogen-bond donors (Lipinski definition) is 0. The number of aromatic nitrogens is 1. The SMILES string of the molecule is c1ccc(Cn2c(N(c3ccccc3)c3cccc4ccccc34)ccc2N(c2ccccc2)c2cccc3ccccc23)cc1. The smallest absolute Gasteiger partial charge is 0.119 e. The monoisotopic (exact) mass is 591 g/mol. The van der Waals surface area contributed by atoms with Crippen LogP contribution in [0, 0.1) is 0 Å². The average molecular weight is 592 g/mol. The highest BCUT2D eigenvalue weighted by atomic mass is 15.3. The van der Waals surface area contributed by atoms with Crippen LogP contribution >= 0.6 is 0 Å². The Balaban J connectivity index is 1.42. The van der Waals surface area contributed by atoms with Gasteiger partial charge in [-0.15, -0.1) is 0 Å². The van der Waals surface area contributed by atoms with Crippen molar-refractivity contribution in [1.29, 1.82) is 0 Å². The van der Waals surface area contributed by atoms with Gasteiger partial charge in [0, 0.05) is 22.1 Å². The first-order chi connectivity index (χ1) is 22.8. The lowest BCUT2D eigenvalue weighted by Crippen LogP contribution is -2.20. The molecule has 1 heterocycles. The van der Waals surface area contributed by atoms with Gasteiger partial charge in [0.25, 0.3) is 0 Å². The van der Waals surface area contributed by atoms with E-state index < -0.39 is 0 Å². The minimum atomic E-state index is 0.695. The summed E-state index contributed by atoms with van der Waals surface area (Å²) in [6.45, 7) is 0.695. The number of fused-ring (bicyclic) bond motifs is 2. The largest absolute Gasteiger partial charge is 0.309 e. The Labute approximate surface area is 269 Å². The van der Waals surface area contributed by atoms with E-state index in [0.717, 1.165) is 34.4 Å². The first kappa shape index (κ1) is 27.5. The molecule has 0 saturated heterocycles. The predicted molar refractivity (Wildman–Crippen MR) is 194 cm³/mol. The zero-order valence-electron chi connectivity index (χ0n) is 25.4. The van der Waals surface area contributed by atoms with E-state index in [1.807, 2.05) is 0 Å². The van der Waals surface area contributed by atoms with Crippen LogP contribution in [0.1, 0.15) is 5.56 Å². The highest BCUT2D eigenvalue weighted by Crippen LogP contribution is 2.45. The summed E-state index contributed by atoms with van der Waals surface area (Å²) in [5.74, 6) is 2.17. The van der Waals surface area contributed by atoms with Crippen molar-refractivity contribution in [3.63, 3.8) is 0 Å². The second kappa shape index (κ2) is 12.1. The summed E-state index contributed by atoms with van der Waals surface area (Å²) in [7, 11) is 0. The van der Waals surface area contributed by atoms with E-state index in [-0.39, 0.29) is 0 Å². The molecule has 46 heavy (non-hydrogen) atoms. The number of para-hydroxylation sites is 2. The van der Waals surface area contributed by atoms with Crippen molar-refractivity contribution in [3.8, 4) is 0 Å². The highest BCUT2D eigenvalue weighted by Gasteiger charge is 2.25. The van der Waals surface area contributed by atoms with Crippen LogP contribution in [-0.2, 0) is 6.54 Å². The van der Waals surface area contributed by atoms with Crippen LogP contribution in [0.4, 0.5) is 34.4 Å². The zero-order chi connectivity index (χ0) is 30.7. The summed E-state index contributed by atoms with van der Waals surface area (Å²) in [4.78, 5) is 4.81. The molecule has 0 radical (unpaired) electrons. The van der Waals surface area contributed by atoms with Crippen LogP contribution in [0.25, 0.3) is 21.5 Å². The van der Waals surface area contributed by atoms with Gasteiger partial charge in [-0.25, -0.2) is 0 Å². The summed E-state index contributed by atoms with van der Waals surface area (Å²) >= 11 is 0. The summed E-state index contributed by atoms with van der Waals surface area (Å²) in [6.07, 6.45) is 0. The molecule has 3 heteroatoms. The maximum absolute atomic E-state index is 2.46. The van der Waals surface area contributed by atoms with Gasteiger partial charge in [-0.1, -0.05) is 140 Å². The second-order valence-electron chi connectivity index (χ2n) is 11.5. The van der Waals surface area contributed by atoms with Crippen molar-refractivity contribution in [2.75, 3.05) is 9.80 Å². The molecule has 0 saturated carbocycles. The molecule has 8 aromatic rings. The van der Waals surface area contributed by atoms with Crippen LogP contribution in [0.15, 0.2) is 188 Å². The Hall–Kier alpha value is -6.06. The Morgan fingerprint density at radius 1 is 0.348 bits per heavy atom. The van der Waals surface area contributed by atoms with E-state index in [0.29, 0.717) is 6.54 Å². The molecule has 8 rings (SSSR count). The highest BCUT2D eigenvalue weighted by molar-refractivity contribution is 6.00. The molecule has 220 valence electrons. The molecule has 0 spiro atoms. The number of benzene rings is 7. The predicted octanol–water partition coefficient (Wildman–Crippen LogP) is 11.8. The third-order valence-corrected chi connectivity index (χ3v) is 8.62. The fraction of sp³-hybridized carbons (Fsp3) is 0.0233. The molecular weight excluding hydrogens is 558 g/mol. The number of rotatable bonds is 8. The molecule has 7 aromatic carbocycles. The standard InChI is InChI=1S/C43H33N3/c1-4-16-33(17-5-1)32-44-42(45(36-22-6-2-7-23-36)40-28-14-20-34-18-10-12-26-38(34)40)30-31-43(44)46(37-24-8-3-9-25-37)41-29-15-21-35-19-11-13-27-39(35)41/h1-31H,32H2. The normalized spacial score (nSPS) is 11.1.